The van der Waals surface area contributed by atoms with Crippen molar-refractivity contribution >= 4 is 39.9 Å². The molecule has 1 aliphatic heterocycles. The van der Waals surface area contributed by atoms with Crippen molar-refractivity contribution in [1.29, 1.82) is 0 Å². The molecule has 6 heteroatoms. The van der Waals surface area contributed by atoms with Gasteiger partial charge in [-0.15, -0.1) is 12.4 Å². The van der Waals surface area contributed by atoms with Crippen LogP contribution in [0.15, 0.2) is 22.7 Å². The van der Waals surface area contributed by atoms with Crippen LogP contribution in [0.25, 0.3) is 0 Å². The van der Waals surface area contributed by atoms with Crippen molar-refractivity contribution in [3.8, 4) is 0 Å². The van der Waals surface area contributed by atoms with Gasteiger partial charge in [0, 0.05) is 30.4 Å². The molecule has 106 valence electrons. The maximum atomic E-state index is 12.2. The van der Waals surface area contributed by atoms with Gasteiger partial charge in [0.2, 0.25) is 5.91 Å². The normalized spacial score (nSPS) is 14.8. The Morgan fingerprint density at radius 2 is 2.32 bits per heavy atom. The van der Waals surface area contributed by atoms with Crippen molar-refractivity contribution in [2.75, 3.05) is 25.1 Å². The van der Waals surface area contributed by atoms with E-state index in [1.807, 2.05) is 17.0 Å². The first-order valence-corrected chi connectivity index (χ1v) is 6.76. The molecule has 1 atom stereocenters. The molecule has 1 unspecified atom stereocenters. The number of halogens is 2. The predicted octanol–water partition coefficient (Wildman–Crippen LogP) is 2.12. The summed E-state index contributed by atoms with van der Waals surface area (Å²) in [6.07, 6.45) is 1.04. The fourth-order valence-electron chi connectivity index (χ4n) is 2.18. The molecule has 0 bridgehead atoms. The van der Waals surface area contributed by atoms with Gasteiger partial charge in [-0.25, -0.2) is 0 Å². The van der Waals surface area contributed by atoms with Crippen LogP contribution in [0.1, 0.15) is 12.0 Å². The fourth-order valence-corrected chi connectivity index (χ4v) is 2.53. The molecule has 2 N–H and O–H groups in total. The first kappa shape index (κ1) is 16.4. The second-order valence-corrected chi connectivity index (χ2v) is 5.28. The molecule has 0 saturated heterocycles. The first-order valence-electron chi connectivity index (χ1n) is 5.97. The van der Waals surface area contributed by atoms with Crippen molar-refractivity contribution in [3.05, 3.63) is 28.2 Å². The van der Waals surface area contributed by atoms with Gasteiger partial charge >= 0.3 is 0 Å². The molecule has 1 aromatic rings. The summed E-state index contributed by atoms with van der Waals surface area (Å²) in [5, 5.41) is 0. The number of nitrogens with two attached hydrogens (primary N) is 1. The largest absolute Gasteiger partial charge is 0.380 e. The lowest BCUT2D eigenvalue weighted by Gasteiger charge is -2.20. The highest BCUT2D eigenvalue weighted by Crippen LogP contribution is 2.31. The van der Waals surface area contributed by atoms with Gasteiger partial charge in [0.15, 0.2) is 0 Å². The molecule has 0 spiro atoms. The number of benzene rings is 1. The number of nitrogens with zero attached hydrogens (tertiary/aromatic N) is 1. The van der Waals surface area contributed by atoms with Crippen LogP contribution in [0.3, 0.4) is 0 Å². The van der Waals surface area contributed by atoms with E-state index in [2.05, 4.69) is 22.0 Å². The Bertz CT molecular complexity index is 452. The van der Waals surface area contributed by atoms with Crippen molar-refractivity contribution in [3.63, 3.8) is 0 Å². The number of anilines is 1. The van der Waals surface area contributed by atoms with E-state index in [1.54, 1.807) is 7.11 Å². The minimum atomic E-state index is -0.200. The third-order valence-corrected chi connectivity index (χ3v) is 3.74. The van der Waals surface area contributed by atoms with E-state index < -0.39 is 0 Å². The van der Waals surface area contributed by atoms with E-state index in [0.29, 0.717) is 13.0 Å². The number of carbonyl (C=O) groups excluding carboxylic acids is 1. The van der Waals surface area contributed by atoms with Gasteiger partial charge in [-0.05, 0) is 24.1 Å². The lowest BCUT2D eigenvalue weighted by Crippen LogP contribution is -2.35. The molecule has 4 nitrogen and oxygen atoms in total. The summed E-state index contributed by atoms with van der Waals surface area (Å²) < 4.78 is 6.15. The maximum Gasteiger partial charge on any atom is 0.229 e. The number of methoxy groups -OCH3 is 1. The zero-order valence-electron chi connectivity index (χ0n) is 10.8. The van der Waals surface area contributed by atoms with Crippen LogP contribution in [0.2, 0.25) is 0 Å². The fraction of sp³-hybridized carbons (Fsp3) is 0.462. The van der Waals surface area contributed by atoms with Crippen LogP contribution >= 0.6 is 28.3 Å². The van der Waals surface area contributed by atoms with Crippen LogP contribution in [0, 0.1) is 0 Å². The SMILES string of the molecule is COC(CN)CC(=O)N1CCc2ccc(Br)cc21.Cl. The van der Waals surface area contributed by atoms with Gasteiger partial charge in [-0.3, -0.25) is 4.79 Å². The standard InChI is InChI=1S/C13H17BrN2O2.ClH/c1-18-11(8-15)7-13(17)16-5-4-9-2-3-10(14)6-12(9)16;/h2-3,6,11H,4-5,7-8,15H2,1H3;1H. The Morgan fingerprint density at radius 3 is 2.95 bits per heavy atom. The summed E-state index contributed by atoms with van der Waals surface area (Å²) in [6.45, 7) is 1.10. The third-order valence-electron chi connectivity index (χ3n) is 3.24. The van der Waals surface area contributed by atoms with Crippen LogP contribution in [-0.2, 0) is 16.0 Å². The Balaban J connectivity index is 0.00000180. The predicted molar refractivity (Wildman–Crippen MR) is 81.9 cm³/mol. The van der Waals surface area contributed by atoms with Gasteiger partial charge in [0.05, 0.1) is 12.5 Å². The second kappa shape index (κ2) is 7.24. The molecule has 0 saturated carbocycles. The highest BCUT2D eigenvalue weighted by molar-refractivity contribution is 9.10. The molecule has 2 rings (SSSR count). The second-order valence-electron chi connectivity index (χ2n) is 4.37. The quantitative estimate of drug-likeness (QED) is 0.906. The minimum Gasteiger partial charge on any atom is -0.380 e. The Hall–Kier alpha value is -0.620. The summed E-state index contributed by atoms with van der Waals surface area (Å²) in [5.41, 5.74) is 7.76. The number of hydrogen-bond acceptors (Lipinski definition) is 3. The van der Waals surface area contributed by atoms with E-state index in [-0.39, 0.29) is 24.4 Å². The maximum absolute atomic E-state index is 12.2. The highest BCUT2D eigenvalue weighted by atomic mass is 79.9. The number of ether oxygens (including phenoxy) is 1. The molecule has 0 aromatic heterocycles. The van der Waals surface area contributed by atoms with Crippen LogP contribution in [0.5, 0.6) is 0 Å². The number of amides is 1. The molecule has 1 amide bonds. The lowest BCUT2D eigenvalue weighted by molar-refractivity contribution is -0.120. The summed E-state index contributed by atoms with van der Waals surface area (Å²) in [5.74, 6) is 0.0733. The van der Waals surface area contributed by atoms with E-state index in [4.69, 9.17) is 10.5 Å². The Kier molecular flexibility index (Phi) is 6.26. The lowest BCUT2D eigenvalue weighted by atomic mass is 10.2. The molecule has 19 heavy (non-hydrogen) atoms. The summed E-state index contributed by atoms with van der Waals surface area (Å²) >= 11 is 3.44. The zero-order chi connectivity index (χ0) is 13.1. The van der Waals surface area contributed by atoms with E-state index >= 15 is 0 Å². The van der Waals surface area contributed by atoms with Crippen molar-refractivity contribution in [2.45, 2.75) is 18.9 Å². The van der Waals surface area contributed by atoms with Crippen LogP contribution < -0.4 is 10.6 Å². The molecule has 1 aliphatic rings. The highest BCUT2D eigenvalue weighted by Gasteiger charge is 2.26. The summed E-state index contributed by atoms with van der Waals surface area (Å²) in [7, 11) is 1.58. The van der Waals surface area contributed by atoms with Gasteiger partial charge in [-0.1, -0.05) is 22.0 Å². The summed E-state index contributed by atoms with van der Waals surface area (Å²) in [6, 6.07) is 6.05. The number of rotatable bonds is 4. The molecule has 0 fully saturated rings. The molecule has 0 aliphatic carbocycles. The smallest absolute Gasteiger partial charge is 0.229 e. The summed E-state index contributed by atoms with van der Waals surface area (Å²) in [4.78, 5) is 14.0. The van der Waals surface area contributed by atoms with Crippen molar-refractivity contribution < 1.29 is 9.53 Å². The molecular weight excluding hydrogens is 332 g/mol. The van der Waals surface area contributed by atoms with Crippen molar-refractivity contribution in [1.82, 2.24) is 0 Å². The monoisotopic (exact) mass is 348 g/mol. The van der Waals surface area contributed by atoms with Gasteiger partial charge in [0.25, 0.3) is 0 Å². The van der Waals surface area contributed by atoms with E-state index in [1.165, 1.54) is 5.56 Å². The third kappa shape index (κ3) is 3.69. The van der Waals surface area contributed by atoms with Crippen LogP contribution in [0.4, 0.5) is 5.69 Å². The van der Waals surface area contributed by atoms with E-state index in [0.717, 1.165) is 23.1 Å². The molecule has 1 heterocycles. The number of hydrogen-bond donors (Lipinski definition) is 1. The van der Waals surface area contributed by atoms with Crippen molar-refractivity contribution in [2.24, 2.45) is 5.73 Å². The minimum absolute atomic E-state index is 0. The Labute approximate surface area is 127 Å². The van der Waals surface area contributed by atoms with Gasteiger partial charge < -0.3 is 15.4 Å². The average molecular weight is 350 g/mol. The first-order chi connectivity index (χ1) is 8.65. The van der Waals surface area contributed by atoms with Gasteiger partial charge in [0.1, 0.15) is 0 Å². The average Bonchev–Trinajstić information content (AvgIpc) is 2.78. The number of carbonyl (C=O) groups is 1. The van der Waals surface area contributed by atoms with Crippen LogP contribution in [-0.4, -0.2) is 32.2 Å². The molecule has 0 radical (unpaired) electrons. The van der Waals surface area contributed by atoms with Gasteiger partial charge in [-0.2, -0.15) is 0 Å². The topological polar surface area (TPSA) is 55.6 Å². The van der Waals surface area contributed by atoms with E-state index in [9.17, 15) is 4.79 Å². The number of fused-ring (bicyclic) bond motifs is 1. The zero-order valence-corrected chi connectivity index (χ0v) is 13.2. The Morgan fingerprint density at radius 1 is 1.58 bits per heavy atom. The molecular formula is C13H18BrClN2O2. The molecule has 1 aromatic carbocycles.